The van der Waals surface area contributed by atoms with Crippen molar-refractivity contribution in [3.8, 4) is 0 Å². The van der Waals surface area contributed by atoms with Crippen molar-refractivity contribution in [2.45, 2.75) is 63.1 Å². The number of hydrogen-bond acceptors (Lipinski definition) is 3. The number of carbonyl (C=O) groups excluding carboxylic acids is 1. The monoisotopic (exact) mass is 439 g/mol. The molecular weight excluding hydrogens is 405 g/mol. The number of nitrogens with zero attached hydrogens (tertiary/aromatic N) is 2. The fourth-order valence-electron chi connectivity index (χ4n) is 5.85. The van der Waals surface area contributed by atoms with Crippen LogP contribution < -0.4 is 5.32 Å². The molecule has 3 aliphatic heterocycles. The zero-order chi connectivity index (χ0) is 18.2. The molecule has 1 aromatic rings. The van der Waals surface area contributed by atoms with Crippen LogP contribution in [0.3, 0.4) is 0 Å². The van der Waals surface area contributed by atoms with Gasteiger partial charge in [-0.1, -0.05) is 36.8 Å². The van der Waals surface area contributed by atoms with Gasteiger partial charge in [0.25, 0.3) is 0 Å². The number of amides is 1. The minimum absolute atomic E-state index is 0. The topological polar surface area (TPSA) is 35.6 Å². The number of likely N-dealkylation sites (tertiary alicyclic amines) is 1. The smallest absolute Gasteiger partial charge is 0.236 e. The zero-order valence-corrected chi connectivity index (χ0v) is 18.8. The van der Waals surface area contributed by atoms with Crippen molar-refractivity contribution in [1.82, 2.24) is 15.1 Å². The second-order valence-electron chi connectivity index (χ2n) is 9.35. The Labute approximate surface area is 187 Å². The molecule has 0 aromatic heterocycles. The highest BCUT2D eigenvalue weighted by Gasteiger charge is 2.45. The molecule has 1 saturated carbocycles. The van der Waals surface area contributed by atoms with Gasteiger partial charge >= 0.3 is 0 Å². The maximum atomic E-state index is 12.7. The van der Waals surface area contributed by atoms with E-state index in [0.717, 1.165) is 13.1 Å². The van der Waals surface area contributed by atoms with Gasteiger partial charge in [-0.2, -0.15) is 0 Å². The SMILES string of the molecule is Cl.Cl.O=C(CNC1CC1)N1C[C@@H]2C[C@H](C1)[C@@H]1CCC[C@H](Cc3ccccc3)N1C2. The number of carbonyl (C=O) groups is 1. The average Bonchev–Trinajstić information content (AvgIpc) is 3.52. The van der Waals surface area contributed by atoms with Crippen LogP contribution in [0.25, 0.3) is 0 Å². The molecule has 1 aliphatic carbocycles. The van der Waals surface area contributed by atoms with E-state index in [1.54, 1.807) is 0 Å². The highest BCUT2D eigenvalue weighted by Crippen LogP contribution is 2.40. The molecule has 4 nitrogen and oxygen atoms in total. The third-order valence-corrected chi connectivity index (χ3v) is 7.30. The van der Waals surface area contributed by atoms with E-state index in [9.17, 15) is 4.79 Å². The van der Waals surface area contributed by atoms with Crippen LogP contribution in [0.4, 0.5) is 0 Å². The van der Waals surface area contributed by atoms with Gasteiger partial charge in [-0.05, 0) is 55.9 Å². The molecule has 0 radical (unpaired) electrons. The predicted molar refractivity (Wildman–Crippen MR) is 122 cm³/mol. The lowest BCUT2D eigenvalue weighted by molar-refractivity contribution is -0.138. The van der Waals surface area contributed by atoms with E-state index in [1.165, 1.54) is 57.1 Å². The summed E-state index contributed by atoms with van der Waals surface area (Å²) in [4.78, 5) is 17.7. The molecule has 1 N–H and O–H groups in total. The number of halogens is 2. The van der Waals surface area contributed by atoms with Crippen LogP contribution in [0.1, 0.15) is 44.1 Å². The van der Waals surface area contributed by atoms with E-state index in [1.807, 2.05) is 0 Å². The van der Waals surface area contributed by atoms with Crippen LogP contribution in [0, 0.1) is 11.8 Å². The minimum Gasteiger partial charge on any atom is -0.341 e. The van der Waals surface area contributed by atoms with Crippen LogP contribution >= 0.6 is 24.8 Å². The van der Waals surface area contributed by atoms with Crippen molar-refractivity contribution in [2.24, 2.45) is 11.8 Å². The third kappa shape index (κ3) is 5.28. The largest absolute Gasteiger partial charge is 0.341 e. The van der Waals surface area contributed by atoms with Crippen LogP contribution in [-0.4, -0.2) is 60.0 Å². The van der Waals surface area contributed by atoms with Gasteiger partial charge in [-0.25, -0.2) is 0 Å². The van der Waals surface area contributed by atoms with E-state index in [-0.39, 0.29) is 24.8 Å². The van der Waals surface area contributed by atoms with Gasteiger partial charge in [0.1, 0.15) is 0 Å². The molecule has 0 spiro atoms. The molecule has 5 rings (SSSR count). The van der Waals surface area contributed by atoms with E-state index in [2.05, 4.69) is 45.4 Å². The average molecular weight is 440 g/mol. The Hall–Kier alpha value is -0.810. The first kappa shape index (κ1) is 22.9. The quantitative estimate of drug-likeness (QED) is 0.761. The summed E-state index contributed by atoms with van der Waals surface area (Å²) in [7, 11) is 0. The Bertz CT molecular complexity index is 669. The first-order valence-corrected chi connectivity index (χ1v) is 11.1. The lowest BCUT2D eigenvalue weighted by atomic mass is 9.74. The fraction of sp³-hybridized carbons (Fsp3) is 0.696. The number of piperidine rings is 3. The number of hydrogen-bond donors (Lipinski definition) is 1. The number of nitrogens with one attached hydrogen (secondary N) is 1. The normalized spacial score (nSPS) is 31.2. The Morgan fingerprint density at radius 2 is 1.79 bits per heavy atom. The van der Waals surface area contributed by atoms with E-state index < -0.39 is 0 Å². The minimum atomic E-state index is 0. The first-order valence-electron chi connectivity index (χ1n) is 11.1. The van der Waals surface area contributed by atoms with Crippen molar-refractivity contribution < 1.29 is 4.79 Å². The molecule has 4 atom stereocenters. The molecule has 3 heterocycles. The summed E-state index contributed by atoms with van der Waals surface area (Å²) >= 11 is 0. The summed E-state index contributed by atoms with van der Waals surface area (Å²) < 4.78 is 0. The third-order valence-electron chi connectivity index (χ3n) is 7.30. The molecule has 4 aliphatic rings. The van der Waals surface area contributed by atoms with Gasteiger partial charge in [-0.3, -0.25) is 9.69 Å². The van der Waals surface area contributed by atoms with Crippen molar-refractivity contribution in [3.63, 3.8) is 0 Å². The Balaban J connectivity index is 0.00000120. The van der Waals surface area contributed by atoms with Crippen LogP contribution in [-0.2, 0) is 11.2 Å². The molecule has 1 amide bonds. The summed E-state index contributed by atoms with van der Waals surface area (Å²) in [6, 6.07) is 13.0. The highest BCUT2D eigenvalue weighted by molar-refractivity contribution is 5.85. The Kier molecular flexibility index (Phi) is 7.88. The van der Waals surface area contributed by atoms with Gasteiger partial charge in [0.15, 0.2) is 0 Å². The summed E-state index contributed by atoms with van der Waals surface area (Å²) in [6.07, 6.45) is 9.02. The number of benzene rings is 1. The van der Waals surface area contributed by atoms with Gasteiger partial charge in [0.05, 0.1) is 6.54 Å². The lowest BCUT2D eigenvalue weighted by Crippen LogP contribution is -2.63. The fourth-order valence-corrected chi connectivity index (χ4v) is 5.85. The second kappa shape index (κ2) is 10.00. The summed E-state index contributed by atoms with van der Waals surface area (Å²) in [6.45, 7) is 3.71. The lowest BCUT2D eigenvalue weighted by Gasteiger charge is -2.55. The standard InChI is InChI=1S/C23H33N3O.2ClH/c27-23(13-24-20-9-10-20)25-14-18-11-19(16-25)22-8-4-7-21(26(22)15-18)12-17-5-2-1-3-6-17;;/h1-3,5-6,18-22,24H,4,7-16H2;2*1H/t18-,19+,21+,22-;;/m0../s1. The first-order chi connectivity index (χ1) is 13.3. The highest BCUT2D eigenvalue weighted by atomic mass is 35.5. The number of rotatable bonds is 5. The van der Waals surface area contributed by atoms with Crippen molar-refractivity contribution in [1.29, 1.82) is 0 Å². The van der Waals surface area contributed by atoms with Crippen LogP contribution in [0.5, 0.6) is 0 Å². The van der Waals surface area contributed by atoms with Crippen molar-refractivity contribution in [3.05, 3.63) is 35.9 Å². The second-order valence-corrected chi connectivity index (χ2v) is 9.35. The van der Waals surface area contributed by atoms with Gasteiger partial charge in [0.2, 0.25) is 5.91 Å². The van der Waals surface area contributed by atoms with Crippen LogP contribution in [0.2, 0.25) is 0 Å². The number of fused-ring (bicyclic) bond motifs is 4. The Morgan fingerprint density at radius 3 is 2.55 bits per heavy atom. The molecule has 3 saturated heterocycles. The maximum Gasteiger partial charge on any atom is 0.236 e. The Morgan fingerprint density at radius 1 is 1.00 bits per heavy atom. The van der Waals surface area contributed by atoms with Gasteiger partial charge in [0, 0.05) is 37.8 Å². The van der Waals surface area contributed by atoms with Crippen molar-refractivity contribution in [2.75, 3.05) is 26.2 Å². The molecule has 29 heavy (non-hydrogen) atoms. The molecule has 4 fully saturated rings. The molecule has 1 aromatic carbocycles. The zero-order valence-electron chi connectivity index (χ0n) is 17.2. The van der Waals surface area contributed by atoms with Gasteiger partial charge < -0.3 is 10.2 Å². The summed E-state index contributed by atoms with van der Waals surface area (Å²) in [5, 5.41) is 3.41. The van der Waals surface area contributed by atoms with Crippen molar-refractivity contribution >= 4 is 30.7 Å². The summed E-state index contributed by atoms with van der Waals surface area (Å²) in [5.74, 6) is 1.68. The molecule has 2 bridgehead atoms. The van der Waals surface area contributed by atoms with Crippen LogP contribution in [0.15, 0.2) is 30.3 Å². The maximum absolute atomic E-state index is 12.7. The summed E-state index contributed by atoms with van der Waals surface area (Å²) in [5.41, 5.74) is 1.47. The molecule has 6 heteroatoms. The van der Waals surface area contributed by atoms with Gasteiger partial charge in [-0.15, -0.1) is 24.8 Å². The van der Waals surface area contributed by atoms with E-state index in [0.29, 0.717) is 42.4 Å². The van der Waals surface area contributed by atoms with E-state index in [4.69, 9.17) is 0 Å². The molecule has 162 valence electrons. The predicted octanol–water partition coefficient (Wildman–Crippen LogP) is 3.53. The van der Waals surface area contributed by atoms with E-state index >= 15 is 0 Å². The molecular formula is C23H35Cl2N3O. The molecule has 0 unspecified atom stereocenters.